The molecule has 2 N–H and O–H groups in total. The van der Waals surface area contributed by atoms with Crippen LogP contribution < -0.4 is 15.4 Å². The Hall–Kier alpha value is -1.05. The summed E-state index contributed by atoms with van der Waals surface area (Å²) in [4.78, 5) is 8.94. The minimum absolute atomic E-state index is 0. The second-order valence-corrected chi connectivity index (χ2v) is 4.93. The normalized spacial score (nSPS) is 11.0. The number of rotatable bonds is 8. The number of nitrogens with zero attached hydrogens (tertiary/aromatic N) is 2. The highest BCUT2D eigenvalue weighted by Gasteiger charge is 2.05. The lowest BCUT2D eigenvalue weighted by molar-refractivity contribution is 0.396. The molecule has 0 unspecified atom stereocenters. The lowest BCUT2D eigenvalue weighted by atomic mass is 10.0. The summed E-state index contributed by atoms with van der Waals surface area (Å²) in [5.41, 5.74) is 0.897. The molecular formula is C16H29IN4O. The van der Waals surface area contributed by atoms with Crippen LogP contribution in [0.15, 0.2) is 23.2 Å². The zero-order valence-corrected chi connectivity index (χ0v) is 16.4. The molecule has 0 radical (unpaired) electrons. The Morgan fingerprint density at radius 1 is 1.23 bits per heavy atom. The summed E-state index contributed by atoms with van der Waals surface area (Å²) in [5, 5.41) is 6.67. The smallest absolute Gasteiger partial charge is 0.213 e. The lowest BCUT2D eigenvalue weighted by Crippen LogP contribution is -2.39. The third-order valence-electron chi connectivity index (χ3n) is 3.45. The van der Waals surface area contributed by atoms with Crippen LogP contribution >= 0.6 is 24.0 Å². The van der Waals surface area contributed by atoms with E-state index in [0.29, 0.717) is 18.3 Å². The predicted molar refractivity (Wildman–Crippen MR) is 103 cm³/mol. The number of nitrogens with one attached hydrogen (secondary N) is 2. The fourth-order valence-corrected chi connectivity index (χ4v) is 1.98. The summed E-state index contributed by atoms with van der Waals surface area (Å²) >= 11 is 0. The third-order valence-corrected chi connectivity index (χ3v) is 3.45. The number of hydrogen-bond acceptors (Lipinski definition) is 3. The summed E-state index contributed by atoms with van der Waals surface area (Å²) in [7, 11) is 1.62. The fraction of sp³-hybridized carbons (Fsp3) is 0.625. The van der Waals surface area contributed by atoms with Crippen LogP contribution in [0.3, 0.4) is 0 Å². The van der Waals surface area contributed by atoms with Crippen LogP contribution in [0.1, 0.15) is 39.3 Å². The van der Waals surface area contributed by atoms with Gasteiger partial charge in [-0.15, -0.1) is 24.0 Å². The second kappa shape index (κ2) is 12.5. The summed E-state index contributed by atoms with van der Waals surface area (Å²) in [6.45, 7) is 8.85. The Labute approximate surface area is 151 Å². The Bertz CT molecular complexity index is 436. The van der Waals surface area contributed by atoms with Crippen molar-refractivity contribution in [3.63, 3.8) is 0 Å². The van der Waals surface area contributed by atoms with Gasteiger partial charge in [0.25, 0.3) is 0 Å². The van der Waals surface area contributed by atoms with Crippen molar-refractivity contribution < 1.29 is 4.74 Å². The zero-order chi connectivity index (χ0) is 15.5. The van der Waals surface area contributed by atoms with Crippen molar-refractivity contribution in [3.05, 3.63) is 23.9 Å². The van der Waals surface area contributed by atoms with E-state index in [4.69, 9.17) is 4.74 Å². The molecule has 0 aromatic carbocycles. The number of pyridine rings is 1. The topological polar surface area (TPSA) is 58.5 Å². The van der Waals surface area contributed by atoms with Gasteiger partial charge in [-0.1, -0.05) is 32.8 Å². The van der Waals surface area contributed by atoms with Gasteiger partial charge in [0.15, 0.2) is 5.96 Å². The molecule has 1 rings (SSSR count). The van der Waals surface area contributed by atoms with E-state index < -0.39 is 0 Å². The first-order valence-electron chi connectivity index (χ1n) is 7.75. The quantitative estimate of drug-likeness (QED) is 0.385. The maximum atomic E-state index is 5.13. The second-order valence-electron chi connectivity index (χ2n) is 4.93. The number of guanidine groups is 1. The molecule has 0 aliphatic heterocycles. The van der Waals surface area contributed by atoms with Crippen molar-refractivity contribution >= 4 is 29.9 Å². The molecule has 1 heterocycles. The molecule has 0 saturated heterocycles. The molecule has 0 amide bonds. The molecule has 1 aromatic heterocycles. The van der Waals surface area contributed by atoms with Gasteiger partial charge in [0.2, 0.25) is 5.88 Å². The van der Waals surface area contributed by atoms with Gasteiger partial charge < -0.3 is 15.4 Å². The molecule has 5 nitrogen and oxygen atoms in total. The van der Waals surface area contributed by atoms with Gasteiger partial charge >= 0.3 is 0 Å². The third kappa shape index (κ3) is 7.82. The van der Waals surface area contributed by atoms with Crippen LogP contribution in [-0.2, 0) is 6.54 Å². The van der Waals surface area contributed by atoms with Gasteiger partial charge in [-0.05, 0) is 18.9 Å². The van der Waals surface area contributed by atoms with Crippen LogP contribution in [0, 0.1) is 5.92 Å². The van der Waals surface area contributed by atoms with Gasteiger partial charge in [-0.25, -0.2) is 9.98 Å². The number of ether oxygens (including phenoxy) is 1. The van der Waals surface area contributed by atoms with Crippen molar-refractivity contribution in [2.45, 2.75) is 40.2 Å². The molecule has 0 fully saturated rings. The first-order chi connectivity index (χ1) is 10.2. The molecule has 6 heteroatoms. The van der Waals surface area contributed by atoms with Crippen molar-refractivity contribution in [2.75, 3.05) is 20.2 Å². The summed E-state index contributed by atoms with van der Waals surface area (Å²) in [6.07, 6.45) is 2.36. The average Bonchev–Trinajstić information content (AvgIpc) is 2.53. The molecule has 0 spiro atoms. The van der Waals surface area contributed by atoms with E-state index in [1.807, 2.05) is 18.2 Å². The minimum atomic E-state index is 0. The van der Waals surface area contributed by atoms with Crippen LogP contribution in [0.5, 0.6) is 5.88 Å². The SMILES string of the molecule is CCNC(=NCc1cccc(OC)n1)NCC(CC)CC.I. The van der Waals surface area contributed by atoms with Crippen molar-refractivity contribution in [1.29, 1.82) is 0 Å². The van der Waals surface area contributed by atoms with E-state index >= 15 is 0 Å². The largest absolute Gasteiger partial charge is 0.481 e. The van der Waals surface area contributed by atoms with Crippen LogP contribution in [0.4, 0.5) is 0 Å². The number of aliphatic imine (C=N–C) groups is 1. The molecule has 0 aliphatic carbocycles. The molecule has 0 atom stereocenters. The summed E-state index contributed by atoms with van der Waals surface area (Å²) in [5.74, 6) is 2.15. The highest BCUT2D eigenvalue weighted by atomic mass is 127. The molecule has 0 aliphatic rings. The first kappa shape index (κ1) is 20.9. The minimum Gasteiger partial charge on any atom is -0.481 e. The van der Waals surface area contributed by atoms with E-state index in [2.05, 4.69) is 41.4 Å². The zero-order valence-electron chi connectivity index (χ0n) is 14.1. The standard InChI is InChI=1S/C16H28N4O.HI/c1-5-13(6-2)11-18-16(17-7-3)19-12-14-9-8-10-15(20-14)21-4;/h8-10,13H,5-7,11-12H2,1-4H3,(H2,17,18,19);1H. The Morgan fingerprint density at radius 3 is 2.55 bits per heavy atom. The van der Waals surface area contributed by atoms with Crippen LogP contribution in [0.25, 0.3) is 0 Å². The molecule has 22 heavy (non-hydrogen) atoms. The van der Waals surface area contributed by atoms with Crippen LogP contribution in [0.2, 0.25) is 0 Å². The molecule has 126 valence electrons. The Balaban J connectivity index is 0.00000441. The van der Waals surface area contributed by atoms with Crippen molar-refractivity contribution in [1.82, 2.24) is 15.6 Å². The Morgan fingerprint density at radius 2 is 1.95 bits per heavy atom. The van der Waals surface area contributed by atoms with E-state index in [0.717, 1.165) is 24.7 Å². The number of hydrogen-bond donors (Lipinski definition) is 2. The highest BCUT2D eigenvalue weighted by molar-refractivity contribution is 14.0. The van der Waals surface area contributed by atoms with Gasteiger partial charge in [-0.2, -0.15) is 0 Å². The van der Waals surface area contributed by atoms with Crippen molar-refractivity contribution in [3.8, 4) is 5.88 Å². The van der Waals surface area contributed by atoms with Crippen molar-refractivity contribution in [2.24, 2.45) is 10.9 Å². The highest BCUT2D eigenvalue weighted by Crippen LogP contribution is 2.07. The van der Waals surface area contributed by atoms with Gasteiger partial charge in [-0.3, -0.25) is 0 Å². The summed E-state index contributed by atoms with van der Waals surface area (Å²) in [6, 6.07) is 5.72. The summed E-state index contributed by atoms with van der Waals surface area (Å²) < 4.78 is 5.13. The maximum Gasteiger partial charge on any atom is 0.213 e. The van der Waals surface area contributed by atoms with E-state index in [1.165, 1.54) is 12.8 Å². The van der Waals surface area contributed by atoms with E-state index in [1.54, 1.807) is 7.11 Å². The fourth-order valence-electron chi connectivity index (χ4n) is 1.98. The van der Waals surface area contributed by atoms with Gasteiger partial charge in [0, 0.05) is 19.2 Å². The number of methoxy groups -OCH3 is 1. The van der Waals surface area contributed by atoms with E-state index in [9.17, 15) is 0 Å². The maximum absolute atomic E-state index is 5.13. The monoisotopic (exact) mass is 420 g/mol. The molecule has 0 bridgehead atoms. The van der Waals surface area contributed by atoms with Crippen LogP contribution in [-0.4, -0.2) is 31.1 Å². The average molecular weight is 420 g/mol. The lowest BCUT2D eigenvalue weighted by Gasteiger charge is -2.16. The first-order valence-corrected chi connectivity index (χ1v) is 7.75. The van der Waals surface area contributed by atoms with E-state index in [-0.39, 0.29) is 24.0 Å². The van der Waals surface area contributed by atoms with Gasteiger partial charge in [0.1, 0.15) is 0 Å². The molecule has 0 saturated carbocycles. The van der Waals surface area contributed by atoms with Gasteiger partial charge in [0.05, 0.1) is 19.3 Å². The molecule has 1 aromatic rings. The number of halogens is 1. The Kier molecular flexibility index (Phi) is 11.9. The predicted octanol–water partition coefficient (Wildman–Crippen LogP) is 3.20. The number of aromatic nitrogens is 1. The molecular weight excluding hydrogens is 391 g/mol.